The van der Waals surface area contributed by atoms with Crippen molar-refractivity contribution in [2.75, 3.05) is 6.54 Å². The van der Waals surface area contributed by atoms with Gasteiger partial charge in [0.1, 0.15) is 5.69 Å². The van der Waals surface area contributed by atoms with Crippen LogP contribution >= 0.6 is 0 Å². The van der Waals surface area contributed by atoms with Crippen molar-refractivity contribution in [3.05, 3.63) is 66.4 Å². The number of carbonyl (C=O) groups excluding carboxylic acids is 1. The van der Waals surface area contributed by atoms with Crippen molar-refractivity contribution in [2.24, 2.45) is 0 Å². The lowest BCUT2D eigenvalue weighted by Crippen LogP contribution is -2.31. The minimum Gasteiger partial charge on any atom is -0.343 e. The van der Waals surface area contributed by atoms with Gasteiger partial charge in [0.05, 0.1) is 11.7 Å². The Balaban J connectivity index is 1.70. The average molecular weight is 319 g/mol. The largest absolute Gasteiger partial charge is 0.343 e. The number of benzene rings is 1. The minimum absolute atomic E-state index is 0.0362. The van der Waals surface area contributed by atoms with E-state index in [9.17, 15) is 4.79 Å². The van der Waals surface area contributed by atoms with Crippen LogP contribution in [0.4, 0.5) is 0 Å². The van der Waals surface area contributed by atoms with Gasteiger partial charge < -0.3 is 9.88 Å². The molecule has 6 nitrogen and oxygen atoms in total. The van der Waals surface area contributed by atoms with E-state index in [1.165, 1.54) is 0 Å². The van der Waals surface area contributed by atoms with E-state index >= 15 is 0 Å². The zero-order valence-corrected chi connectivity index (χ0v) is 13.1. The molecule has 0 bridgehead atoms. The van der Waals surface area contributed by atoms with E-state index < -0.39 is 0 Å². The minimum atomic E-state index is -0.0773. The van der Waals surface area contributed by atoms with Crippen LogP contribution in [0, 0.1) is 0 Å². The number of carbonyl (C=O) groups is 1. The number of nitrogens with zero attached hydrogens (tertiary/aromatic N) is 4. The van der Waals surface area contributed by atoms with E-state index in [2.05, 4.69) is 19.9 Å². The van der Waals surface area contributed by atoms with Gasteiger partial charge in [-0.15, -0.1) is 0 Å². The van der Waals surface area contributed by atoms with Crippen LogP contribution in [0.2, 0.25) is 0 Å². The lowest BCUT2D eigenvalue weighted by molar-refractivity contribution is 0.0733. The fraction of sp³-hybridized carbons (Fsp3) is 0.222. The van der Waals surface area contributed by atoms with Gasteiger partial charge >= 0.3 is 0 Å². The predicted molar refractivity (Wildman–Crippen MR) is 89.1 cm³/mol. The number of nitrogens with one attached hydrogen (secondary N) is 1. The molecule has 1 aromatic carbocycles. The Kier molecular flexibility index (Phi) is 3.78. The Labute approximate surface area is 139 Å². The maximum absolute atomic E-state index is 12.9. The van der Waals surface area contributed by atoms with E-state index in [4.69, 9.17) is 0 Å². The van der Waals surface area contributed by atoms with E-state index in [-0.39, 0.29) is 11.9 Å². The molecule has 4 rings (SSSR count). The number of likely N-dealkylation sites (tertiary alicyclic amines) is 1. The lowest BCUT2D eigenvalue weighted by Gasteiger charge is -2.25. The van der Waals surface area contributed by atoms with Gasteiger partial charge in [-0.05, 0) is 25.0 Å². The van der Waals surface area contributed by atoms with Crippen molar-refractivity contribution >= 4 is 5.91 Å². The highest BCUT2D eigenvalue weighted by atomic mass is 16.2. The first-order valence-corrected chi connectivity index (χ1v) is 8.01. The van der Waals surface area contributed by atoms with Crippen molar-refractivity contribution < 1.29 is 4.79 Å². The Morgan fingerprint density at radius 3 is 2.71 bits per heavy atom. The second-order valence-electron chi connectivity index (χ2n) is 5.75. The maximum atomic E-state index is 12.9. The van der Waals surface area contributed by atoms with Crippen LogP contribution in [0.3, 0.4) is 0 Å². The van der Waals surface area contributed by atoms with Gasteiger partial charge in [-0.1, -0.05) is 18.2 Å². The van der Waals surface area contributed by atoms with Crippen LogP contribution in [-0.2, 0) is 0 Å². The molecule has 24 heavy (non-hydrogen) atoms. The van der Waals surface area contributed by atoms with Gasteiger partial charge in [0, 0.05) is 36.9 Å². The predicted octanol–water partition coefficient (Wildman–Crippen LogP) is 2.84. The molecule has 2 aromatic heterocycles. The summed E-state index contributed by atoms with van der Waals surface area (Å²) in [5.41, 5.74) is 2.21. The summed E-state index contributed by atoms with van der Waals surface area (Å²) in [5, 5.41) is 0. The molecule has 0 radical (unpaired) electrons. The number of H-pyrrole nitrogens is 1. The van der Waals surface area contributed by atoms with Crippen LogP contribution in [0.5, 0.6) is 0 Å². The Hall–Kier alpha value is -3.02. The lowest BCUT2D eigenvalue weighted by atomic mass is 10.1. The first kappa shape index (κ1) is 14.6. The van der Waals surface area contributed by atoms with E-state index in [1.807, 2.05) is 35.2 Å². The number of imidazole rings is 1. The maximum Gasteiger partial charge on any atom is 0.254 e. The molecule has 3 aromatic rings. The first-order valence-electron chi connectivity index (χ1n) is 8.01. The summed E-state index contributed by atoms with van der Waals surface area (Å²) < 4.78 is 0. The number of hydrogen-bond acceptors (Lipinski definition) is 4. The van der Waals surface area contributed by atoms with Crippen LogP contribution in [0.1, 0.15) is 34.9 Å². The van der Waals surface area contributed by atoms with E-state index in [0.717, 1.165) is 25.1 Å². The molecular formula is C18H17N5O. The highest BCUT2D eigenvalue weighted by molar-refractivity contribution is 5.94. The van der Waals surface area contributed by atoms with Crippen molar-refractivity contribution in [3.63, 3.8) is 0 Å². The normalized spacial score (nSPS) is 17.2. The molecule has 1 atom stereocenters. The monoisotopic (exact) mass is 319 g/mol. The molecule has 1 aliphatic rings. The third-order valence-corrected chi connectivity index (χ3v) is 4.30. The van der Waals surface area contributed by atoms with Crippen molar-refractivity contribution in [1.82, 2.24) is 24.8 Å². The quantitative estimate of drug-likeness (QED) is 0.805. The summed E-state index contributed by atoms with van der Waals surface area (Å²) in [4.78, 5) is 31.1. The van der Waals surface area contributed by atoms with Crippen LogP contribution in [0.25, 0.3) is 11.5 Å². The zero-order valence-electron chi connectivity index (χ0n) is 13.1. The van der Waals surface area contributed by atoms with Crippen LogP contribution in [-0.4, -0.2) is 37.3 Å². The fourth-order valence-electron chi connectivity index (χ4n) is 3.21. The molecule has 1 N–H and O–H groups in total. The number of aromatic nitrogens is 4. The molecule has 120 valence electrons. The van der Waals surface area contributed by atoms with Crippen molar-refractivity contribution in [3.8, 4) is 11.5 Å². The summed E-state index contributed by atoms with van der Waals surface area (Å²) in [5.74, 6) is 0.714. The Morgan fingerprint density at radius 2 is 1.92 bits per heavy atom. The van der Waals surface area contributed by atoms with E-state index in [0.29, 0.717) is 17.1 Å². The zero-order chi connectivity index (χ0) is 16.4. The molecule has 0 spiro atoms. The summed E-state index contributed by atoms with van der Waals surface area (Å²) in [6.45, 7) is 0.729. The molecule has 1 fully saturated rings. The van der Waals surface area contributed by atoms with Crippen LogP contribution in [0.15, 0.2) is 55.1 Å². The molecule has 3 heterocycles. The molecule has 1 unspecified atom stereocenters. The van der Waals surface area contributed by atoms with Gasteiger partial charge in [-0.25, -0.2) is 9.97 Å². The molecule has 1 aliphatic heterocycles. The van der Waals surface area contributed by atoms with Crippen LogP contribution < -0.4 is 0 Å². The third-order valence-electron chi connectivity index (χ3n) is 4.30. The third kappa shape index (κ3) is 2.56. The summed E-state index contributed by atoms with van der Waals surface area (Å²) in [7, 11) is 0. The highest BCUT2D eigenvalue weighted by Gasteiger charge is 2.33. The SMILES string of the molecule is O=C(c1ccccc1)N1CCCC1c1nccnc1-c1ncc[nH]1. The number of rotatable bonds is 3. The fourth-order valence-corrected chi connectivity index (χ4v) is 3.21. The van der Waals surface area contributed by atoms with Crippen molar-refractivity contribution in [1.29, 1.82) is 0 Å². The van der Waals surface area contributed by atoms with E-state index in [1.54, 1.807) is 24.8 Å². The summed E-state index contributed by atoms with van der Waals surface area (Å²) >= 11 is 0. The number of hydrogen-bond donors (Lipinski definition) is 1. The molecule has 0 aliphatic carbocycles. The van der Waals surface area contributed by atoms with Gasteiger partial charge in [0.15, 0.2) is 5.82 Å². The van der Waals surface area contributed by atoms with Crippen molar-refractivity contribution in [2.45, 2.75) is 18.9 Å². The molecule has 0 saturated carbocycles. The Bertz CT molecular complexity index is 832. The molecular weight excluding hydrogens is 302 g/mol. The Morgan fingerprint density at radius 1 is 1.08 bits per heavy atom. The molecule has 1 amide bonds. The standard InChI is InChI=1S/C18H17N5O/c24-18(13-5-2-1-3-6-13)23-12-4-7-14(23)15-16(20-9-8-19-15)17-21-10-11-22-17/h1-3,5-6,8-11,14H,4,7,12H2,(H,21,22). The van der Waals surface area contributed by atoms with Gasteiger partial charge in [0.25, 0.3) is 5.91 Å². The van der Waals surface area contributed by atoms with Gasteiger partial charge in [-0.3, -0.25) is 9.78 Å². The second-order valence-corrected chi connectivity index (χ2v) is 5.75. The average Bonchev–Trinajstić information content (AvgIpc) is 3.33. The number of aromatic amines is 1. The summed E-state index contributed by atoms with van der Waals surface area (Å²) in [6, 6.07) is 9.30. The first-order chi connectivity index (χ1) is 11.8. The number of amides is 1. The molecule has 6 heteroatoms. The molecule has 1 saturated heterocycles. The second kappa shape index (κ2) is 6.23. The highest BCUT2D eigenvalue weighted by Crippen LogP contribution is 2.35. The summed E-state index contributed by atoms with van der Waals surface area (Å²) in [6.07, 6.45) is 8.61. The van der Waals surface area contributed by atoms with Gasteiger partial charge in [0.2, 0.25) is 0 Å². The van der Waals surface area contributed by atoms with Gasteiger partial charge in [-0.2, -0.15) is 0 Å². The topological polar surface area (TPSA) is 74.8 Å². The smallest absolute Gasteiger partial charge is 0.254 e.